The molecule has 0 aliphatic heterocycles. The van der Waals surface area contributed by atoms with E-state index in [0.717, 1.165) is 25.8 Å². The largest absolute Gasteiger partial charge is 0.196 e. The van der Waals surface area contributed by atoms with Gasteiger partial charge in [0.25, 0.3) is 0 Å². The lowest BCUT2D eigenvalue weighted by Crippen LogP contribution is -2.16. The summed E-state index contributed by atoms with van der Waals surface area (Å²) < 4.78 is 0. The molecule has 0 aromatic heterocycles. The Balaban J connectivity index is 3.87. The van der Waals surface area contributed by atoms with Gasteiger partial charge >= 0.3 is 0 Å². The molecule has 0 rings (SSSR count). The molecule has 0 amide bonds. The fraction of sp³-hybridized carbons (Fsp3) is 0.889. The van der Waals surface area contributed by atoms with Gasteiger partial charge in [0.2, 0.25) is 0 Å². The highest BCUT2D eigenvalue weighted by Gasteiger charge is 2.19. The third-order valence-corrected chi connectivity index (χ3v) is 1.83. The summed E-state index contributed by atoms with van der Waals surface area (Å²) in [5.74, 6) is 0. The third kappa shape index (κ3) is 4.07. The predicted molar refractivity (Wildman–Crippen MR) is 48.9 cm³/mol. The van der Waals surface area contributed by atoms with Gasteiger partial charge < -0.3 is 0 Å². The molecule has 68 valence electrons. The molecular formula is C9H17N3. The Bertz CT molecular complexity index is 181. The summed E-state index contributed by atoms with van der Waals surface area (Å²) in [5, 5.41) is 16.7. The van der Waals surface area contributed by atoms with Crippen molar-refractivity contribution in [3.8, 4) is 6.07 Å². The van der Waals surface area contributed by atoms with Crippen molar-refractivity contribution in [3.63, 3.8) is 0 Å². The van der Waals surface area contributed by atoms with Gasteiger partial charge in [-0.25, -0.2) is 0 Å². The van der Waals surface area contributed by atoms with Crippen LogP contribution in [0.1, 0.15) is 40.0 Å². The fourth-order valence-corrected chi connectivity index (χ4v) is 0.607. The molecule has 0 spiro atoms. The number of rotatable bonds is 5. The molecule has 0 saturated carbocycles. The monoisotopic (exact) mass is 167 g/mol. The molecule has 0 aliphatic carbocycles. The Morgan fingerprint density at radius 2 is 2.08 bits per heavy atom. The van der Waals surface area contributed by atoms with Crippen LogP contribution in [0, 0.1) is 11.3 Å². The Kier molecular flexibility index (Phi) is 5.27. The zero-order chi connectivity index (χ0) is 9.45. The summed E-state index contributed by atoms with van der Waals surface area (Å²) in [6.07, 6.45) is 2.89. The first kappa shape index (κ1) is 11.1. The molecule has 0 aromatic rings. The van der Waals surface area contributed by atoms with E-state index in [4.69, 9.17) is 5.26 Å². The van der Waals surface area contributed by atoms with E-state index in [-0.39, 0.29) is 0 Å². The van der Waals surface area contributed by atoms with Crippen LogP contribution in [0.4, 0.5) is 0 Å². The number of azo groups is 1. The Labute approximate surface area is 74.5 Å². The van der Waals surface area contributed by atoms with Crippen molar-refractivity contribution < 1.29 is 0 Å². The molecule has 0 fully saturated rings. The predicted octanol–water partition coefficient (Wildman–Crippen LogP) is 2.93. The van der Waals surface area contributed by atoms with Crippen LogP contribution in [0.5, 0.6) is 0 Å². The molecule has 0 aliphatic rings. The summed E-state index contributed by atoms with van der Waals surface area (Å²) >= 11 is 0. The lowest BCUT2D eigenvalue weighted by Gasteiger charge is -2.10. The van der Waals surface area contributed by atoms with Gasteiger partial charge in [0.05, 0.1) is 12.6 Å². The van der Waals surface area contributed by atoms with E-state index in [2.05, 4.69) is 23.2 Å². The van der Waals surface area contributed by atoms with Gasteiger partial charge in [0.15, 0.2) is 5.54 Å². The summed E-state index contributed by atoms with van der Waals surface area (Å²) in [7, 11) is 0. The zero-order valence-corrected chi connectivity index (χ0v) is 8.17. The maximum absolute atomic E-state index is 8.74. The normalized spacial score (nSPS) is 15.8. The van der Waals surface area contributed by atoms with Crippen LogP contribution >= 0.6 is 0 Å². The van der Waals surface area contributed by atoms with Crippen molar-refractivity contribution in [1.29, 1.82) is 5.26 Å². The third-order valence-electron chi connectivity index (χ3n) is 1.83. The van der Waals surface area contributed by atoms with Crippen LogP contribution in [0.2, 0.25) is 0 Å². The van der Waals surface area contributed by atoms with Crippen molar-refractivity contribution in [2.45, 2.75) is 45.6 Å². The molecule has 0 N–H and O–H groups in total. The smallest absolute Gasteiger partial charge is 0.164 e. The van der Waals surface area contributed by atoms with Crippen LogP contribution in [0.25, 0.3) is 0 Å². The average molecular weight is 167 g/mol. The summed E-state index contributed by atoms with van der Waals surface area (Å²) in [6, 6.07) is 2.14. The molecule has 0 radical (unpaired) electrons. The van der Waals surface area contributed by atoms with E-state index in [9.17, 15) is 0 Å². The van der Waals surface area contributed by atoms with Gasteiger partial charge in [0, 0.05) is 0 Å². The first-order chi connectivity index (χ1) is 5.68. The Morgan fingerprint density at radius 1 is 1.42 bits per heavy atom. The molecule has 0 aromatic carbocycles. The minimum absolute atomic E-state index is 0.603. The average Bonchev–Trinajstić information content (AvgIpc) is 2.12. The van der Waals surface area contributed by atoms with Crippen molar-refractivity contribution in [1.82, 2.24) is 0 Å². The molecule has 3 nitrogen and oxygen atoms in total. The number of hydrogen-bond donors (Lipinski definition) is 0. The van der Waals surface area contributed by atoms with Crippen LogP contribution in [-0.4, -0.2) is 12.1 Å². The van der Waals surface area contributed by atoms with Crippen molar-refractivity contribution in [2.75, 3.05) is 6.54 Å². The SMILES string of the molecule is CCCCN=NC(C)(C#N)CC. The summed E-state index contributed by atoms with van der Waals surface area (Å²) in [6.45, 7) is 6.61. The van der Waals surface area contributed by atoms with Crippen molar-refractivity contribution >= 4 is 0 Å². The first-order valence-electron chi connectivity index (χ1n) is 4.48. The number of hydrogen-bond acceptors (Lipinski definition) is 3. The highest BCUT2D eigenvalue weighted by Crippen LogP contribution is 2.13. The topological polar surface area (TPSA) is 48.5 Å². The van der Waals surface area contributed by atoms with E-state index in [1.807, 2.05) is 13.8 Å². The lowest BCUT2D eigenvalue weighted by molar-refractivity contribution is 0.536. The minimum Gasteiger partial charge on any atom is -0.196 e. The molecule has 1 unspecified atom stereocenters. The van der Waals surface area contributed by atoms with E-state index in [1.54, 1.807) is 0 Å². The van der Waals surface area contributed by atoms with E-state index < -0.39 is 5.54 Å². The summed E-state index contributed by atoms with van der Waals surface area (Å²) in [4.78, 5) is 0. The summed E-state index contributed by atoms with van der Waals surface area (Å²) in [5.41, 5.74) is -0.603. The number of nitrogens with zero attached hydrogens (tertiary/aromatic N) is 3. The van der Waals surface area contributed by atoms with Crippen LogP contribution in [0.15, 0.2) is 10.2 Å². The van der Waals surface area contributed by atoms with Gasteiger partial charge in [-0.2, -0.15) is 15.5 Å². The van der Waals surface area contributed by atoms with Gasteiger partial charge in [-0.1, -0.05) is 20.3 Å². The van der Waals surface area contributed by atoms with Gasteiger partial charge in [-0.15, -0.1) is 0 Å². The van der Waals surface area contributed by atoms with E-state index >= 15 is 0 Å². The van der Waals surface area contributed by atoms with Crippen LogP contribution in [0.3, 0.4) is 0 Å². The second-order valence-electron chi connectivity index (χ2n) is 3.06. The standard InChI is InChI=1S/C9H17N3/c1-4-6-7-11-12-9(3,5-2)8-10/h4-7H2,1-3H3. The molecule has 1 atom stereocenters. The minimum atomic E-state index is -0.603. The Hall–Kier alpha value is -0.910. The second kappa shape index (κ2) is 5.70. The highest BCUT2D eigenvalue weighted by molar-refractivity contribution is 5.01. The molecule has 0 saturated heterocycles. The van der Waals surface area contributed by atoms with Crippen molar-refractivity contribution in [3.05, 3.63) is 0 Å². The fourth-order valence-electron chi connectivity index (χ4n) is 0.607. The van der Waals surface area contributed by atoms with E-state index in [1.165, 1.54) is 0 Å². The van der Waals surface area contributed by atoms with E-state index in [0.29, 0.717) is 0 Å². The second-order valence-corrected chi connectivity index (χ2v) is 3.06. The molecule has 0 heterocycles. The first-order valence-corrected chi connectivity index (χ1v) is 4.48. The molecule has 12 heavy (non-hydrogen) atoms. The quantitative estimate of drug-likeness (QED) is 0.458. The van der Waals surface area contributed by atoms with Gasteiger partial charge in [0.1, 0.15) is 0 Å². The maximum Gasteiger partial charge on any atom is 0.164 e. The lowest BCUT2D eigenvalue weighted by atomic mass is 10.0. The zero-order valence-electron chi connectivity index (χ0n) is 8.17. The molecule has 0 bridgehead atoms. The van der Waals surface area contributed by atoms with Gasteiger partial charge in [-0.3, -0.25) is 0 Å². The van der Waals surface area contributed by atoms with Crippen LogP contribution in [-0.2, 0) is 0 Å². The molecular weight excluding hydrogens is 150 g/mol. The highest BCUT2D eigenvalue weighted by atomic mass is 15.1. The van der Waals surface area contributed by atoms with Crippen LogP contribution < -0.4 is 0 Å². The number of nitriles is 1. The number of unbranched alkanes of at least 4 members (excludes halogenated alkanes) is 1. The maximum atomic E-state index is 8.74. The molecule has 3 heteroatoms. The van der Waals surface area contributed by atoms with Gasteiger partial charge in [-0.05, 0) is 19.8 Å². The Morgan fingerprint density at radius 3 is 2.50 bits per heavy atom. The van der Waals surface area contributed by atoms with Crippen molar-refractivity contribution in [2.24, 2.45) is 10.2 Å².